The average Bonchev–Trinajstić information content (AvgIpc) is 2.67. The SMILES string of the molecule is CCC1CCCN(C(=O)c2ccc(Cl)c(S(=O)(=O)N3CCCC(C)C3)c2)C1. The molecule has 0 bridgehead atoms. The van der Waals surface area contributed by atoms with E-state index in [0.29, 0.717) is 30.5 Å². The van der Waals surface area contributed by atoms with E-state index in [2.05, 4.69) is 13.8 Å². The number of hydrogen-bond acceptors (Lipinski definition) is 3. The molecular formula is C20H29ClN2O3S. The zero-order valence-corrected chi connectivity index (χ0v) is 17.7. The first-order valence-electron chi connectivity index (χ1n) is 9.92. The van der Waals surface area contributed by atoms with E-state index in [0.717, 1.165) is 45.2 Å². The number of carbonyl (C=O) groups is 1. The highest BCUT2D eigenvalue weighted by molar-refractivity contribution is 7.89. The molecule has 1 amide bonds. The van der Waals surface area contributed by atoms with Gasteiger partial charge in [0.1, 0.15) is 4.90 Å². The molecule has 5 nitrogen and oxygen atoms in total. The molecule has 2 unspecified atom stereocenters. The van der Waals surface area contributed by atoms with Crippen molar-refractivity contribution in [3.63, 3.8) is 0 Å². The molecule has 2 atom stereocenters. The number of amides is 1. The highest BCUT2D eigenvalue weighted by Gasteiger charge is 2.31. The Morgan fingerprint density at radius 1 is 1.19 bits per heavy atom. The third-order valence-electron chi connectivity index (χ3n) is 5.80. The molecule has 150 valence electrons. The molecule has 0 spiro atoms. The third-order valence-corrected chi connectivity index (χ3v) is 8.15. The van der Waals surface area contributed by atoms with Crippen LogP contribution in [0.25, 0.3) is 0 Å². The minimum absolute atomic E-state index is 0.0492. The summed E-state index contributed by atoms with van der Waals surface area (Å²) in [6, 6.07) is 4.64. The van der Waals surface area contributed by atoms with Crippen molar-refractivity contribution in [2.45, 2.75) is 50.8 Å². The Morgan fingerprint density at radius 3 is 2.63 bits per heavy atom. The lowest BCUT2D eigenvalue weighted by Gasteiger charge is -2.33. The predicted octanol–water partition coefficient (Wildman–Crippen LogP) is 4.02. The molecule has 2 aliphatic heterocycles. The Bertz CT molecular complexity index is 796. The van der Waals surface area contributed by atoms with Crippen molar-refractivity contribution in [1.82, 2.24) is 9.21 Å². The number of nitrogens with zero attached hydrogens (tertiary/aromatic N) is 2. The average molecular weight is 413 g/mol. The van der Waals surface area contributed by atoms with Gasteiger partial charge in [-0.05, 0) is 55.7 Å². The van der Waals surface area contributed by atoms with Gasteiger partial charge in [0.05, 0.1) is 5.02 Å². The van der Waals surface area contributed by atoms with Crippen LogP contribution in [0.3, 0.4) is 0 Å². The summed E-state index contributed by atoms with van der Waals surface area (Å²) in [6.07, 6.45) is 5.08. The van der Waals surface area contributed by atoms with E-state index >= 15 is 0 Å². The molecule has 2 aliphatic rings. The molecule has 0 N–H and O–H groups in total. The number of piperidine rings is 2. The largest absolute Gasteiger partial charge is 0.338 e. The summed E-state index contributed by atoms with van der Waals surface area (Å²) in [5, 5.41) is 0.176. The van der Waals surface area contributed by atoms with Gasteiger partial charge >= 0.3 is 0 Å². The van der Waals surface area contributed by atoms with E-state index < -0.39 is 10.0 Å². The maximum atomic E-state index is 13.1. The van der Waals surface area contributed by atoms with E-state index in [1.807, 2.05) is 4.90 Å². The minimum atomic E-state index is -3.70. The Morgan fingerprint density at radius 2 is 1.93 bits per heavy atom. The molecule has 1 aromatic carbocycles. The molecular weight excluding hydrogens is 384 g/mol. The van der Waals surface area contributed by atoms with Gasteiger partial charge in [0, 0.05) is 31.7 Å². The second-order valence-electron chi connectivity index (χ2n) is 7.92. The van der Waals surface area contributed by atoms with Crippen molar-refractivity contribution in [3.8, 4) is 0 Å². The van der Waals surface area contributed by atoms with Gasteiger partial charge in [0.15, 0.2) is 0 Å². The van der Waals surface area contributed by atoms with Crippen molar-refractivity contribution in [3.05, 3.63) is 28.8 Å². The van der Waals surface area contributed by atoms with Crippen molar-refractivity contribution >= 4 is 27.5 Å². The third kappa shape index (κ3) is 4.49. The van der Waals surface area contributed by atoms with E-state index in [9.17, 15) is 13.2 Å². The van der Waals surface area contributed by atoms with Crippen LogP contribution in [-0.4, -0.2) is 49.7 Å². The number of halogens is 1. The van der Waals surface area contributed by atoms with Crippen molar-refractivity contribution in [1.29, 1.82) is 0 Å². The number of rotatable bonds is 4. The molecule has 0 aromatic heterocycles. The van der Waals surface area contributed by atoms with Crippen LogP contribution in [0.2, 0.25) is 5.02 Å². The highest BCUT2D eigenvalue weighted by Crippen LogP contribution is 2.30. The second-order valence-corrected chi connectivity index (χ2v) is 10.2. The normalized spacial score (nSPS) is 24.8. The summed E-state index contributed by atoms with van der Waals surface area (Å²) in [5.41, 5.74) is 0.403. The molecule has 2 heterocycles. The van der Waals surface area contributed by atoms with Gasteiger partial charge in [0.25, 0.3) is 5.91 Å². The molecule has 0 saturated carbocycles. The standard InChI is InChI=1S/C20H29ClN2O3S/c1-3-16-7-5-10-22(14-16)20(24)17-8-9-18(21)19(12-17)27(25,26)23-11-4-6-15(2)13-23/h8-9,12,15-16H,3-7,10-11,13-14H2,1-2H3. The van der Waals surface area contributed by atoms with Gasteiger partial charge in [-0.15, -0.1) is 0 Å². The van der Waals surface area contributed by atoms with Crippen LogP contribution in [0, 0.1) is 11.8 Å². The van der Waals surface area contributed by atoms with Gasteiger partial charge in [-0.25, -0.2) is 8.42 Å². The Kier molecular flexibility index (Phi) is 6.49. The Hall–Kier alpha value is -1.11. The predicted molar refractivity (Wildman–Crippen MR) is 108 cm³/mol. The number of sulfonamides is 1. The number of likely N-dealkylation sites (tertiary alicyclic amines) is 1. The molecule has 27 heavy (non-hydrogen) atoms. The van der Waals surface area contributed by atoms with Crippen LogP contribution in [0.15, 0.2) is 23.1 Å². The molecule has 7 heteroatoms. The summed E-state index contributed by atoms with van der Waals surface area (Å²) in [4.78, 5) is 14.9. The van der Waals surface area contributed by atoms with Crippen LogP contribution >= 0.6 is 11.6 Å². The lowest BCUT2D eigenvalue weighted by molar-refractivity contribution is 0.0671. The molecule has 0 radical (unpaired) electrons. The van der Waals surface area contributed by atoms with E-state index in [-0.39, 0.29) is 15.8 Å². The monoisotopic (exact) mass is 412 g/mol. The second kappa shape index (κ2) is 8.50. The fourth-order valence-corrected chi connectivity index (χ4v) is 6.20. The van der Waals surface area contributed by atoms with Gasteiger partial charge in [0.2, 0.25) is 10.0 Å². The number of benzene rings is 1. The topological polar surface area (TPSA) is 57.7 Å². The van der Waals surface area contributed by atoms with Crippen LogP contribution in [0.5, 0.6) is 0 Å². The maximum Gasteiger partial charge on any atom is 0.253 e. The van der Waals surface area contributed by atoms with Crippen LogP contribution < -0.4 is 0 Å². The van der Waals surface area contributed by atoms with Crippen molar-refractivity contribution in [2.24, 2.45) is 11.8 Å². The summed E-state index contributed by atoms with van der Waals surface area (Å²) < 4.78 is 27.7. The highest BCUT2D eigenvalue weighted by atomic mass is 35.5. The van der Waals surface area contributed by atoms with Gasteiger partial charge in [-0.3, -0.25) is 4.79 Å². The van der Waals surface area contributed by atoms with Crippen molar-refractivity contribution < 1.29 is 13.2 Å². The fourth-order valence-electron chi connectivity index (χ4n) is 4.10. The molecule has 2 saturated heterocycles. The van der Waals surface area contributed by atoms with Gasteiger partial charge in [-0.1, -0.05) is 31.9 Å². The summed E-state index contributed by atoms with van der Waals surface area (Å²) >= 11 is 6.24. The van der Waals surface area contributed by atoms with Crippen molar-refractivity contribution in [2.75, 3.05) is 26.2 Å². The molecule has 3 rings (SSSR count). The lowest BCUT2D eigenvalue weighted by atomic mass is 9.95. The number of carbonyl (C=O) groups excluding carboxylic acids is 1. The molecule has 2 fully saturated rings. The van der Waals surface area contributed by atoms with Crippen LogP contribution in [0.4, 0.5) is 0 Å². The van der Waals surface area contributed by atoms with E-state index in [1.165, 1.54) is 16.4 Å². The first-order valence-corrected chi connectivity index (χ1v) is 11.7. The van der Waals surface area contributed by atoms with E-state index in [1.54, 1.807) is 6.07 Å². The first-order chi connectivity index (χ1) is 12.8. The lowest BCUT2D eigenvalue weighted by Crippen LogP contribution is -2.40. The van der Waals surface area contributed by atoms with Crippen LogP contribution in [0.1, 0.15) is 56.3 Å². The van der Waals surface area contributed by atoms with E-state index in [4.69, 9.17) is 11.6 Å². The molecule has 1 aromatic rings. The minimum Gasteiger partial charge on any atom is -0.338 e. The smallest absolute Gasteiger partial charge is 0.253 e. The summed E-state index contributed by atoms with van der Waals surface area (Å²) in [6.45, 7) is 6.68. The van der Waals surface area contributed by atoms with Gasteiger partial charge in [-0.2, -0.15) is 4.31 Å². The quantitative estimate of drug-likeness (QED) is 0.750. The van der Waals surface area contributed by atoms with Gasteiger partial charge < -0.3 is 4.90 Å². The van der Waals surface area contributed by atoms with Crippen LogP contribution in [-0.2, 0) is 10.0 Å². The number of hydrogen-bond donors (Lipinski definition) is 0. The molecule has 0 aliphatic carbocycles. The summed E-state index contributed by atoms with van der Waals surface area (Å²) in [7, 11) is -3.70. The zero-order chi connectivity index (χ0) is 19.6. The zero-order valence-electron chi connectivity index (χ0n) is 16.2. The Balaban J connectivity index is 1.86. The Labute approximate surface area is 167 Å². The first kappa shape index (κ1) is 20.6. The fraction of sp³-hybridized carbons (Fsp3) is 0.650. The maximum absolute atomic E-state index is 13.1. The summed E-state index contributed by atoms with van der Waals surface area (Å²) in [5.74, 6) is 0.748.